The predicted octanol–water partition coefficient (Wildman–Crippen LogP) is 2.91. The molecule has 0 aliphatic rings. The van der Waals surface area contributed by atoms with Crippen LogP contribution in [0.3, 0.4) is 0 Å². The molecular formula is C21H21N5O2. The Balaban J connectivity index is 1.40. The van der Waals surface area contributed by atoms with E-state index in [2.05, 4.69) is 20.5 Å². The van der Waals surface area contributed by atoms with Gasteiger partial charge < -0.3 is 14.1 Å². The molecule has 4 rings (SSSR count). The number of nitrogens with zero attached hydrogens (tertiary/aromatic N) is 4. The van der Waals surface area contributed by atoms with Crippen molar-refractivity contribution in [2.75, 3.05) is 6.54 Å². The van der Waals surface area contributed by atoms with E-state index >= 15 is 0 Å². The zero-order valence-corrected chi connectivity index (χ0v) is 15.6. The minimum absolute atomic E-state index is 0.0643. The summed E-state index contributed by atoms with van der Waals surface area (Å²) < 4.78 is 7.62. The molecule has 7 heteroatoms. The number of aromatic nitrogens is 4. The number of aryl methyl sites for hydroxylation is 1. The minimum Gasteiger partial charge on any atom is -0.425 e. The Morgan fingerprint density at radius 1 is 1.14 bits per heavy atom. The maximum Gasteiger partial charge on any atom is 0.224 e. The van der Waals surface area contributed by atoms with Gasteiger partial charge in [0, 0.05) is 32.5 Å². The van der Waals surface area contributed by atoms with Crippen LogP contribution in [0, 0.1) is 6.92 Å². The van der Waals surface area contributed by atoms with Crippen molar-refractivity contribution in [3.05, 3.63) is 84.1 Å². The van der Waals surface area contributed by atoms with E-state index in [0.29, 0.717) is 24.7 Å². The maximum atomic E-state index is 12.6. The van der Waals surface area contributed by atoms with Gasteiger partial charge in [-0.05, 0) is 17.7 Å². The number of fused-ring (bicyclic) bond motifs is 1. The van der Waals surface area contributed by atoms with Crippen LogP contribution in [0.5, 0.6) is 0 Å². The summed E-state index contributed by atoms with van der Waals surface area (Å²) >= 11 is 0. The number of carbonyl (C=O) groups excluding carboxylic acids is 1. The van der Waals surface area contributed by atoms with Crippen molar-refractivity contribution in [1.82, 2.24) is 24.9 Å². The second-order valence-electron chi connectivity index (χ2n) is 6.60. The van der Waals surface area contributed by atoms with E-state index in [1.54, 1.807) is 6.92 Å². The Bertz CT molecular complexity index is 1070. The number of nitrogens with one attached hydrogen (secondary N) is 1. The SMILES string of the molecule is Cc1nnc(C(CC(=O)NCCc2ncc3ccccn23)c2ccccc2)o1. The van der Waals surface area contributed by atoms with Gasteiger partial charge in [0.05, 0.1) is 17.6 Å². The lowest BCUT2D eigenvalue weighted by Gasteiger charge is -2.13. The molecule has 1 amide bonds. The molecule has 3 heterocycles. The van der Waals surface area contributed by atoms with Gasteiger partial charge in [-0.15, -0.1) is 10.2 Å². The average Bonchev–Trinajstić information content (AvgIpc) is 3.33. The number of rotatable bonds is 7. The number of hydrogen-bond acceptors (Lipinski definition) is 5. The molecule has 7 nitrogen and oxygen atoms in total. The summed E-state index contributed by atoms with van der Waals surface area (Å²) in [6, 6.07) is 15.7. The van der Waals surface area contributed by atoms with Crippen LogP contribution in [0.25, 0.3) is 5.52 Å². The third kappa shape index (κ3) is 3.93. The summed E-state index contributed by atoms with van der Waals surface area (Å²) in [6.07, 6.45) is 4.71. The van der Waals surface area contributed by atoms with Crippen LogP contribution >= 0.6 is 0 Å². The monoisotopic (exact) mass is 375 g/mol. The van der Waals surface area contributed by atoms with Crippen molar-refractivity contribution in [3.8, 4) is 0 Å². The highest BCUT2D eigenvalue weighted by Gasteiger charge is 2.23. The lowest BCUT2D eigenvalue weighted by atomic mass is 9.95. The van der Waals surface area contributed by atoms with Crippen LogP contribution in [-0.2, 0) is 11.2 Å². The molecular weight excluding hydrogens is 354 g/mol. The number of pyridine rings is 1. The molecule has 0 saturated heterocycles. The first-order valence-electron chi connectivity index (χ1n) is 9.23. The van der Waals surface area contributed by atoms with Crippen LogP contribution in [0.2, 0.25) is 0 Å². The van der Waals surface area contributed by atoms with Gasteiger partial charge in [-0.3, -0.25) is 4.79 Å². The second kappa shape index (κ2) is 8.04. The number of benzene rings is 1. The Kier molecular flexibility index (Phi) is 5.14. The molecule has 3 aromatic heterocycles. The first-order valence-corrected chi connectivity index (χ1v) is 9.23. The molecule has 1 atom stereocenters. The molecule has 142 valence electrons. The van der Waals surface area contributed by atoms with Gasteiger partial charge in [0.25, 0.3) is 0 Å². The van der Waals surface area contributed by atoms with Gasteiger partial charge >= 0.3 is 0 Å². The van der Waals surface area contributed by atoms with Crippen LogP contribution in [0.15, 0.2) is 65.3 Å². The molecule has 1 unspecified atom stereocenters. The van der Waals surface area contributed by atoms with Crippen molar-refractivity contribution in [1.29, 1.82) is 0 Å². The topological polar surface area (TPSA) is 85.3 Å². The van der Waals surface area contributed by atoms with E-state index < -0.39 is 0 Å². The third-order valence-corrected chi connectivity index (χ3v) is 4.62. The Morgan fingerprint density at radius 2 is 1.96 bits per heavy atom. The molecule has 0 fully saturated rings. The number of imidazole rings is 1. The number of carbonyl (C=O) groups is 1. The zero-order valence-electron chi connectivity index (χ0n) is 15.6. The second-order valence-corrected chi connectivity index (χ2v) is 6.60. The smallest absolute Gasteiger partial charge is 0.224 e. The fourth-order valence-corrected chi connectivity index (χ4v) is 3.24. The van der Waals surface area contributed by atoms with E-state index in [0.717, 1.165) is 16.9 Å². The molecule has 1 aromatic carbocycles. The summed E-state index contributed by atoms with van der Waals surface area (Å²) in [5.74, 6) is 1.53. The lowest BCUT2D eigenvalue weighted by Crippen LogP contribution is -2.28. The first-order chi connectivity index (χ1) is 13.7. The van der Waals surface area contributed by atoms with Crippen molar-refractivity contribution < 1.29 is 9.21 Å². The van der Waals surface area contributed by atoms with Crippen molar-refractivity contribution in [2.24, 2.45) is 0 Å². The highest BCUT2D eigenvalue weighted by atomic mass is 16.4. The molecule has 0 radical (unpaired) electrons. The molecule has 28 heavy (non-hydrogen) atoms. The lowest BCUT2D eigenvalue weighted by molar-refractivity contribution is -0.121. The van der Waals surface area contributed by atoms with Crippen LogP contribution in [0.4, 0.5) is 0 Å². The Hall–Kier alpha value is -3.48. The number of hydrogen-bond donors (Lipinski definition) is 1. The quantitative estimate of drug-likeness (QED) is 0.537. The van der Waals surface area contributed by atoms with Gasteiger partial charge in [0.15, 0.2) is 0 Å². The zero-order chi connectivity index (χ0) is 19.3. The average molecular weight is 375 g/mol. The maximum absolute atomic E-state index is 12.6. The minimum atomic E-state index is -0.269. The molecule has 0 bridgehead atoms. The van der Waals surface area contributed by atoms with Gasteiger partial charge in [-0.2, -0.15) is 0 Å². The fourth-order valence-electron chi connectivity index (χ4n) is 3.24. The third-order valence-electron chi connectivity index (χ3n) is 4.62. The van der Waals surface area contributed by atoms with E-state index in [-0.39, 0.29) is 18.2 Å². The van der Waals surface area contributed by atoms with Gasteiger partial charge in [0.2, 0.25) is 17.7 Å². The number of amides is 1. The highest BCUT2D eigenvalue weighted by molar-refractivity contribution is 5.77. The standard InChI is InChI=1S/C21H21N5O2/c1-15-24-25-21(28-15)18(16-7-3-2-4-8-16)13-20(27)22-11-10-19-23-14-17-9-5-6-12-26(17)19/h2-9,12,14,18H,10-11,13H2,1H3,(H,22,27). The molecule has 0 aliphatic carbocycles. The molecule has 0 saturated carbocycles. The van der Waals surface area contributed by atoms with E-state index in [9.17, 15) is 4.79 Å². The molecule has 0 spiro atoms. The summed E-state index contributed by atoms with van der Waals surface area (Å²) in [6.45, 7) is 2.25. The van der Waals surface area contributed by atoms with Gasteiger partial charge in [-0.1, -0.05) is 36.4 Å². The molecule has 4 aromatic rings. The van der Waals surface area contributed by atoms with Gasteiger partial charge in [-0.25, -0.2) is 4.98 Å². The van der Waals surface area contributed by atoms with Crippen LogP contribution < -0.4 is 5.32 Å². The summed E-state index contributed by atoms with van der Waals surface area (Å²) in [5.41, 5.74) is 2.01. The summed E-state index contributed by atoms with van der Waals surface area (Å²) in [7, 11) is 0. The normalized spacial score (nSPS) is 12.2. The van der Waals surface area contributed by atoms with Crippen molar-refractivity contribution >= 4 is 11.4 Å². The first kappa shape index (κ1) is 17.9. The van der Waals surface area contributed by atoms with E-state index in [1.165, 1.54) is 0 Å². The van der Waals surface area contributed by atoms with Gasteiger partial charge in [0.1, 0.15) is 5.82 Å². The van der Waals surface area contributed by atoms with Crippen molar-refractivity contribution in [3.63, 3.8) is 0 Å². The predicted molar refractivity (Wildman–Crippen MR) is 104 cm³/mol. The Labute approximate surface area is 162 Å². The Morgan fingerprint density at radius 3 is 2.75 bits per heavy atom. The van der Waals surface area contributed by atoms with Crippen LogP contribution in [0.1, 0.15) is 35.5 Å². The summed E-state index contributed by atoms with van der Waals surface area (Å²) in [5, 5.41) is 11.0. The van der Waals surface area contributed by atoms with E-state index in [4.69, 9.17) is 4.42 Å². The summed E-state index contributed by atoms with van der Waals surface area (Å²) in [4.78, 5) is 17.0. The van der Waals surface area contributed by atoms with Crippen molar-refractivity contribution in [2.45, 2.75) is 25.7 Å². The molecule has 0 aliphatic heterocycles. The highest BCUT2D eigenvalue weighted by Crippen LogP contribution is 2.26. The fraction of sp³-hybridized carbons (Fsp3) is 0.238. The largest absolute Gasteiger partial charge is 0.425 e. The van der Waals surface area contributed by atoms with E-state index in [1.807, 2.05) is 65.3 Å². The molecule has 1 N–H and O–H groups in total. The van der Waals surface area contributed by atoms with Crippen LogP contribution in [-0.4, -0.2) is 32.0 Å².